The lowest BCUT2D eigenvalue weighted by molar-refractivity contribution is 0.0602. The minimum absolute atomic E-state index is 0.360. The number of hydrogen-bond donors (Lipinski definition) is 0. The van der Waals surface area contributed by atoms with Gasteiger partial charge in [-0.3, -0.25) is 0 Å². The first-order valence-electron chi connectivity index (χ1n) is 4.25. The van der Waals surface area contributed by atoms with E-state index in [1.54, 1.807) is 12.1 Å². The normalized spacial score (nSPS) is 10.4. The second-order valence-corrected chi connectivity index (χ2v) is 3.03. The van der Waals surface area contributed by atoms with Gasteiger partial charge in [-0.05, 0) is 19.1 Å². The van der Waals surface area contributed by atoms with E-state index < -0.39 is 0 Å². The van der Waals surface area contributed by atoms with Gasteiger partial charge in [0.15, 0.2) is 5.65 Å². The highest BCUT2D eigenvalue weighted by molar-refractivity contribution is 5.95. The zero-order valence-electron chi connectivity index (χ0n) is 8.02. The maximum Gasteiger partial charge on any atom is 0.341 e. The molecule has 2 aromatic rings. The number of ether oxygens (including phenoxy) is 1. The molecule has 0 radical (unpaired) electrons. The minimum Gasteiger partial charge on any atom is -0.465 e. The fourth-order valence-electron chi connectivity index (χ4n) is 1.40. The van der Waals surface area contributed by atoms with Gasteiger partial charge in [0, 0.05) is 12.4 Å². The Morgan fingerprint density at radius 1 is 1.57 bits per heavy atom. The van der Waals surface area contributed by atoms with E-state index in [1.165, 1.54) is 7.11 Å². The molecule has 4 heteroatoms. The smallest absolute Gasteiger partial charge is 0.341 e. The Morgan fingerprint density at radius 3 is 3.07 bits per heavy atom. The van der Waals surface area contributed by atoms with Crippen LogP contribution in [0.15, 0.2) is 24.5 Å². The average molecular weight is 190 g/mol. The molecule has 0 spiro atoms. The number of pyridine rings is 1. The third-order valence-electron chi connectivity index (χ3n) is 2.01. The highest BCUT2D eigenvalue weighted by Gasteiger charge is 2.11. The maximum atomic E-state index is 11.4. The first-order valence-corrected chi connectivity index (χ1v) is 4.25. The second-order valence-electron chi connectivity index (χ2n) is 3.03. The van der Waals surface area contributed by atoms with Crippen molar-refractivity contribution < 1.29 is 9.53 Å². The standard InChI is InChI=1S/C10H10N2O2/c1-7-6-12-5-3-4-8(9(12)11-7)10(13)14-2/h3-6H,1-2H3. The first kappa shape index (κ1) is 8.74. The Labute approximate surface area is 81.1 Å². The average Bonchev–Trinajstić information content (AvgIpc) is 2.56. The highest BCUT2D eigenvalue weighted by atomic mass is 16.5. The largest absolute Gasteiger partial charge is 0.465 e. The predicted molar refractivity (Wildman–Crippen MR) is 51.3 cm³/mol. The monoisotopic (exact) mass is 190 g/mol. The van der Waals surface area contributed by atoms with Gasteiger partial charge in [0.1, 0.15) is 5.56 Å². The summed E-state index contributed by atoms with van der Waals surface area (Å²) in [5.74, 6) is -0.360. The summed E-state index contributed by atoms with van der Waals surface area (Å²) in [5, 5.41) is 0. The number of aryl methyl sites for hydroxylation is 1. The molecular formula is C10H10N2O2. The van der Waals surface area contributed by atoms with Gasteiger partial charge in [-0.2, -0.15) is 0 Å². The summed E-state index contributed by atoms with van der Waals surface area (Å²) in [4.78, 5) is 15.6. The summed E-state index contributed by atoms with van der Waals surface area (Å²) in [6, 6.07) is 3.49. The molecule has 0 bridgehead atoms. The molecule has 0 saturated heterocycles. The van der Waals surface area contributed by atoms with Crippen LogP contribution in [0.2, 0.25) is 0 Å². The first-order chi connectivity index (χ1) is 6.72. The van der Waals surface area contributed by atoms with Crippen molar-refractivity contribution in [1.29, 1.82) is 0 Å². The van der Waals surface area contributed by atoms with Crippen molar-refractivity contribution in [3.8, 4) is 0 Å². The lowest BCUT2D eigenvalue weighted by Crippen LogP contribution is -2.03. The predicted octanol–water partition coefficient (Wildman–Crippen LogP) is 1.43. The topological polar surface area (TPSA) is 43.6 Å². The molecule has 2 heterocycles. The zero-order chi connectivity index (χ0) is 10.1. The van der Waals surface area contributed by atoms with E-state index in [2.05, 4.69) is 9.72 Å². The highest BCUT2D eigenvalue weighted by Crippen LogP contribution is 2.11. The van der Waals surface area contributed by atoms with Gasteiger partial charge in [0.25, 0.3) is 0 Å². The van der Waals surface area contributed by atoms with Crippen LogP contribution in [-0.2, 0) is 4.74 Å². The van der Waals surface area contributed by atoms with Crippen molar-refractivity contribution in [2.45, 2.75) is 6.92 Å². The van der Waals surface area contributed by atoms with E-state index in [0.29, 0.717) is 11.2 Å². The van der Waals surface area contributed by atoms with Crippen LogP contribution in [0.1, 0.15) is 16.1 Å². The fraction of sp³-hybridized carbons (Fsp3) is 0.200. The number of carbonyl (C=O) groups is 1. The summed E-state index contributed by atoms with van der Waals surface area (Å²) in [5.41, 5.74) is 2.00. The number of fused-ring (bicyclic) bond motifs is 1. The van der Waals surface area contributed by atoms with Gasteiger partial charge >= 0.3 is 5.97 Å². The Morgan fingerprint density at radius 2 is 2.36 bits per heavy atom. The molecule has 0 saturated carbocycles. The molecular weight excluding hydrogens is 180 g/mol. The van der Waals surface area contributed by atoms with Gasteiger partial charge in [0.05, 0.1) is 12.8 Å². The summed E-state index contributed by atoms with van der Waals surface area (Å²) in [6.45, 7) is 1.88. The van der Waals surface area contributed by atoms with Gasteiger partial charge in [-0.15, -0.1) is 0 Å². The third-order valence-corrected chi connectivity index (χ3v) is 2.01. The van der Waals surface area contributed by atoms with E-state index in [4.69, 9.17) is 0 Å². The molecule has 0 aliphatic carbocycles. The van der Waals surface area contributed by atoms with Crippen molar-refractivity contribution in [1.82, 2.24) is 9.38 Å². The Bertz CT molecular complexity index is 488. The van der Waals surface area contributed by atoms with Crippen LogP contribution in [0.5, 0.6) is 0 Å². The van der Waals surface area contributed by atoms with Crippen LogP contribution in [0.4, 0.5) is 0 Å². The second kappa shape index (κ2) is 3.14. The Kier molecular flexibility index (Phi) is 1.96. The molecule has 0 unspecified atom stereocenters. The van der Waals surface area contributed by atoms with Gasteiger partial charge in [0.2, 0.25) is 0 Å². The van der Waals surface area contributed by atoms with E-state index in [0.717, 1.165) is 5.69 Å². The molecule has 0 aliphatic heterocycles. The van der Waals surface area contributed by atoms with Gasteiger partial charge in [-0.1, -0.05) is 0 Å². The molecule has 0 aromatic carbocycles. The molecule has 0 fully saturated rings. The maximum absolute atomic E-state index is 11.4. The fourth-order valence-corrected chi connectivity index (χ4v) is 1.40. The van der Waals surface area contributed by atoms with E-state index >= 15 is 0 Å². The molecule has 0 atom stereocenters. The Hall–Kier alpha value is -1.84. The van der Waals surface area contributed by atoms with Crippen molar-refractivity contribution >= 4 is 11.6 Å². The van der Waals surface area contributed by atoms with Crippen LogP contribution < -0.4 is 0 Å². The molecule has 14 heavy (non-hydrogen) atoms. The summed E-state index contributed by atoms with van der Waals surface area (Å²) >= 11 is 0. The molecule has 0 amide bonds. The SMILES string of the molecule is COC(=O)c1cccn2cc(C)nc12. The van der Waals surface area contributed by atoms with Gasteiger partial charge in [-0.25, -0.2) is 9.78 Å². The molecule has 4 nitrogen and oxygen atoms in total. The zero-order valence-corrected chi connectivity index (χ0v) is 8.02. The number of nitrogens with zero attached hydrogens (tertiary/aromatic N) is 2. The molecule has 72 valence electrons. The van der Waals surface area contributed by atoms with E-state index in [-0.39, 0.29) is 5.97 Å². The van der Waals surface area contributed by atoms with E-state index in [9.17, 15) is 4.79 Å². The van der Waals surface area contributed by atoms with Crippen LogP contribution in [-0.4, -0.2) is 22.5 Å². The summed E-state index contributed by atoms with van der Waals surface area (Å²) in [6.07, 6.45) is 3.71. The molecule has 0 N–H and O–H groups in total. The number of hydrogen-bond acceptors (Lipinski definition) is 3. The van der Waals surface area contributed by atoms with Crippen LogP contribution in [0.3, 0.4) is 0 Å². The third kappa shape index (κ3) is 1.25. The molecule has 2 aromatic heterocycles. The molecule has 2 rings (SSSR count). The summed E-state index contributed by atoms with van der Waals surface area (Å²) < 4.78 is 6.47. The number of carbonyl (C=O) groups excluding carboxylic acids is 1. The lowest BCUT2D eigenvalue weighted by Gasteiger charge is -2.00. The summed E-state index contributed by atoms with van der Waals surface area (Å²) in [7, 11) is 1.36. The minimum atomic E-state index is -0.360. The van der Waals surface area contributed by atoms with Crippen molar-refractivity contribution in [3.05, 3.63) is 35.8 Å². The van der Waals surface area contributed by atoms with Crippen LogP contribution in [0, 0.1) is 6.92 Å². The number of imidazole rings is 1. The van der Waals surface area contributed by atoms with Crippen molar-refractivity contribution in [2.24, 2.45) is 0 Å². The van der Waals surface area contributed by atoms with Crippen LogP contribution in [0.25, 0.3) is 5.65 Å². The quantitative estimate of drug-likeness (QED) is 0.639. The van der Waals surface area contributed by atoms with Crippen molar-refractivity contribution in [2.75, 3.05) is 7.11 Å². The molecule has 0 aliphatic rings. The van der Waals surface area contributed by atoms with Gasteiger partial charge < -0.3 is 9.14 Å². The van der Waals surface area contributed by atoms with E-state index in [1.807, 2.05) is 23.7 Å². The number of aromatic nitrogens is 2. The van der Waals surface area contributed by atoms with Crippen molar-refractivity contribution in [3.63, 3.8) is 0 Å². The number of esters is 1. The van der Waals surface area contributed by atoms with Crippen LogP contribution >= 0.6 is 0 Å². The number of methoxy groups -OCH3 is 1. The lowest BCUT2D eigenvalue weighted by atomic mass is 10.3. The number of rotatable bonds is 1. The Balaban J connectivity index is 2.70.